The van der Waals surface area contributed by atoms with Crippen LogP contribution in [0.3, 0.4) is 0 Å². The first kappa shape index (κ1) is 29.7. The molecule has 2 N–H and O–H groups in total. The van der Waals surface area contributed by atoms with Crippen LogP contribution in [0.5, 0.6) is 0 Å². The van der Waals surface area contributed by atoms with Crippen molar-refractivity contribution in [1.82, 2.24) is 15.3 Å². The van der Waals surface area contributed by atoms with Crippen molar-refractivity contribution in [3.63, 3.8) is 0 Å². The Morgan fingerprint density at radius 1 is 0.932 bits per heavy atom. The third-order valence-electron chi connectivity index (χ3n) is 7.69. The lowest BCUT2D eigenvalue weighted by Gasteiger charge is -2.41. The Hall–Kier alpha value is -4.35. The van der Waals surface area contributed by atoms with E-state index < -0.39 is 6.29 Å². The normalized spacial score (nSPS) is 20.0. The average molecular weight is 609 g/mol. The summed E-state index contributed by atoms with van der Waals surface area (Å²) in [6.45, 7) is 2.39. The molecule has 0 spiro atoms. The first-order chi connectivity index (χ1) is 21.5. The zero-order chi connectivity index (χ0) is 30.5. The third-order valence-corrected chi connectivity index (χ3v) is 8.80. The number of nitrogens with zero attached hydrogens (tertiary/aromatic N) is 3. The molecule has 0 bridgehead atoms. The number of pyridine rings is 1. The number of amides is 1. The average Bonchev–Trinajstić information content (AvgIpc) is 3.07. The number of aromatic nitrogens is 3. The van der Waals surface area contributed by atoms with Gasteiger partial charge in [-0.3, -0.25) is 9.78 Å². The number of thioether (sulfide) groups is 1. The summed E-state index contributed by atoms with van der Waals surface area (Å²) in [6, 6.07) is 28.3. The smallest absolute Gasteiger partial charge is 0.271 e. The van der Waals surface area contributed by atoms with Gasteiger partial charge >= 0.3 is 0 Å². The van der Waals surface area contributed by atoms with E-state index in [2.05, 4.69) is 22.2 Å². The Morgan fingerprint density at radius 3 is 2.39 bits per heavy atom. The van der Waals surface area contributed by atoms with E-state index in [0.29, 0.717) is 22.8 Å². The van der Waals surface area contributed by atoms with Crippen molar-refractivity contribution in [3.8, 4) is 0 Å². The molecule has 1 fully saturated rings. The van der Waals surface area contributed by atoms with E-state index in [1.807, 2.05) is 78.9 Å². The molecule has 4 atom stereocenters. The van der Waals surface area contributed by atoms with Crippen molar-refractivity contribution < 1.29 is 24.1 Å². The number of nitrogens with one attached hydrogen (secondary N) is 1. The molecule has 1 aliphatic rings. The second-order valence-electron chi connectivity index (χ2n) is 10.7. The monoisotopic (exact) mass is 608 g/mol. The van der Waals surface area contributed by atoms with E-state index in [-0.39, 0.29) is 36.3 Å². The van der Waals surface area contributed by atoms with Gasteiger partial charge in [0.25, 0.3) is 10.9 Å². The minimum Gasteiger partial charge on any atom is -0.618 e. The summed E-state index contributed by atoms with van der Waals surface area (Å²) in [6.07, 6.45) is 1.87. The molecule has 9 nitrogen and oxygen atoms in total. The highest BCUT2D eigenvalue weighted by molar-refractivity contribution is 7.99. The van der Waals surface area contributed by atoms with Crippen molar-refractivity contribution in [2.24, 2.45) is 5.92 Å². The van der Waals surface area contributed by atoms with Crippen LogP contribution >= 0.6 is 11.8 Å². The molecule has 1 saturated heterocycles. The summed E-state index contributed by atoms with van der Waals surface area (Å²) in [5.74, 6) is 0.268. The zero-order valence-electron chi connectivity index (χ0n) is 24.1. The zero-order valence-corrected chi connectivity index (χ0v) is 24.9. The Kier molecular flexibility index (Phi) is 9.13. The second-order valence-corrected chi connectivity index (χ2v) is 11.7. The third kappa shape index (κ3) is 6.74. The van der Waals surface area contributed by atoms with Crippen molar-refractivity contribution >= 4 is 28.7 Å². The number of rotatable bonds is 9. The van der Waals surface area contributed by atoms with Gasteiger partial charge in [-0.2, -0.15) is 4.73 Å². The molecule has 1 aliphatic heterocycles. The fourth-order valence-corrected chi connectivity index (χ4v) is 6.21. The van der Waals surface area contributed by atoms with Crippen molar-refractivity contribution in [2.45, 2.75) is 43.6 Å². The number of carbonyl (C=O) groups excluding carboxylic acids is 1. The molecule has 6 rings (SSSR count). The highest BCUT2D eigenvalue weighted by Crippen LogP contribution is 2.42. The summed E-state index contributed by atoms with van der Waals surface area (Å²) in [4.78, 5) is 21.5. The van der Waals surface area contributed by atoms with E-state index in [4.69, 9.17) is 9.47 Å². The highest BCUT2D eigenvalue weighted by atomic mass is 32.2. The van der Waals surface area contributed by atoms with Gasteiger partial charge in [0.15, 0.2) is 12.5 Å². The van der Waals surface area contributed by atoms with Gasteiger partial charge < -0.3 is 25.1 Å². The fourth-order valence-electron chi connectivity index (χ4n) is 5.13. The Balaban J connectivity index is 1.16. The Labute approximate surface area is 259 Å². The molecule has 3 heterocycles. The maximum Gasteiger partial charge on any atom is 0.271 e. The van der Waals surface area contributed by atoms with E-state index in [0.717, 1.165) is 32.5 Å². The van der Waals surface area contributed by atoms with Gasteiger partial charge in [-0.05, 0) is 34.9 Å². The van der Waals surface area contributed by atoms with E-state index in [1.54, 1.807) is 12.1 Å². The van der Waals surface area contributed by atoms with E-state index in [9.17, 15) is 15.1 Å². The van der Waals surface area contributed by atoms with Gasteiger partial charge in [0, 0.05) is 35.9 Å². The SMILES string of the molecule is C[C@H]1[C@@H](CSc2cccc[n+]2[O-])O[C@@H](c2ccc(CNC(=O)c3cnc4ccccc4n3)cc2)O[C@H]1c1ccc(CO)cc1. The number of hydrogen-bond donors (Lipinski definition) is 2. The molecule has 0 saturated carbocycles. The van der Waals surface area contributed by atoms with Gasteiger partial charge in [0.05, 0.1) is 36.0 Å². The number of hydrogen-bond acceptors (Lipinski definition) is 8. The quantitative estimate of drug-likeness (QED) is 0.132. The second kappa shape index (κ2) is 13.5. The Morgan fingerprint density at radius 2 is 1.64 bits per heavy atom. The van der Waals surface area contributed by atoms with Gasteiger partial charge in [-0.15, -0.1) is 0 Å². The largest absolute Gasteiger partial charge is 0.618 e. The van der Waals surface area contributed by atoms with Crippen LogP contribution in [0.1, 0.15) is 52.1 Å². The lowest BCUT2D eigenvalue weighted by molar-refractivity contribution is -0.645. The van der Waals surface area contributed by atoms with Gasteiger partial charge in [0.1, 0.15) is 5.69 Å². The number of para-hydroxylation sites is 2. The molecule has 44 heavy (non-hydrogen) atoms. The molecular weight excluding hydrogens is 576 g/mol. The van der Waals surface area contributed by atoms with Crippen LogP contribution in [-0.4, -0.2) is 32.8 Å². The minimum absolute atomic E-state index is 0.00441. The molecule has 2 aromatic heterocycles. The van der Waals surface area contributed by atoms with Crippen LogP contribution in [0.4, 0.5) is 0 Å². The van der Waals surface area contributed by atoms with Crippen molar-refractivity contribution in [2.75, 3.05) is 5.75 Å². The van der Waals surface area contributed by atoms with Crippen molar-refractivity contribution in [3.05, 3.63) is 137 Å². The number of aliphatic hydroxyl groups excluding tert-OH is 1. The van der Waals surface area contributed by atoms with Crippen LogP contribution < -0.4 is 10.0 Å². The maximum absolute atomic E-state index is 12.7. The number of ether oxygens (including phenoxy) is 2. The van der Waals surface area contributed by atoms with E-state index >= 15 is 0 Å². The lowest BCUT2D eigenvalue weighted by atomic mass is 9.91. The van der Waals surface area contributed by atoms with E-state index in [1.165, 1.54) is 24.2 Å². The molecule has 1 amide bonds. The molecule has 0 aliphatic carbocycles. The number of benzene rings is 3. The molecule has 0 unspecified atom stereocenters. The summed E-state index contributed by atoms with van der Waals surface area (Å²) >= 11 is 1.46. The van der Waals surface area contributed by atoms with Crippen LogP contribution in [0, 0.1) is 11.1 Å². The molecule has 5 aromatic rings. The topological polar surface area (TPSA) is 121 Å². The van der Waals surface area contributed by atoms with Crippen LogP contribution in [0.25, 0.3) is 11.0 Å². The van der Waals surface area contributed by atoms with Gasteiger partial charge in [-0.1, -0.05) is 79.3 Å². The number of carbonyl (C=O) groups is 1. The summed E-state index contributed by atoms with van der Waals surface area (Å²) in [5.41, 5.74) is 5.25. The maximum atomic E-state index is 12.7. The molecule has 10 heteroatoms. The van der Waals surface area contributed by atoms with Gasteiger partial charge in [0.2, 0.25) is 0 Å². The van der Waals surface area contributed by atoms with Crippen LogP contribution in [0.15, 0.2) is 108 Å². The van der Waals surface area contributed by atoms with Crippen molar-refractivity contribution in [1.29, 1.82) is 0 Å². The number of fused-ring (bicyclic) bond motifs is 1. The predicted octanol–water partition coefficient (Wildman–Crippen LogP) is 5.27. The summed E-state index contributed by atoms with van der Waals surface area (Å²) in [7, 11) is 0. The lowest BCUT2D eigenvalue weighted by Crippen LogP contribution is -2.39. The first-order valence-corrected chi connectivity index (χ1v) is 15.4. The van der Waals surface area contributed by atoms with Gasteiger partial charge in [-0.25, -0.2) is 4.98 Å². The Bertz CT molecular complexity index is 1730. The molecule has 3 aromatic carbocycles. The van der Waals surface area contributed by atoms with Crippen LogP contribution in [0.2, 0.25) is 0 Å². The molecule has 0 radical (unpaired) electrons. The highest BCUT2D eigenvalue weighted by Gasteiger charge is 2.38. The first-order valence-electron chi connectivity index (χ1n) is 14.4. The molecule has 224 valence electrons. The predicted molar refractivity (Wildman–Crippen MR) is 166 cm³/mol. The minimum atomic E-state index is -0.633. The molecular formula is C34H32N4O5S. The number of aliphatic hydroxyl groups is 1. The fraction of sp³-hybridized carbons (Fsp3) is 0.235. The summed E-state index contributed by atoms with van der Waals surface area (Å²) < 4.78 is 13.9. The summed E-state index contributed by atoms with van der Waals surface area (Å²) in [5, 5.41) is 25.3. The standard InChI is InChI=1S/C34H32N4O5S/c1-22-30(21-44-31-8-4-5-17-38(31)41)42-34(43-32(22)25-13-11-24(20-39)12-14-25)26-15-9-23(10-16-26)18-36-33(40)29-19-35-27-6-2-3-7-28(27)37-29/h2-17,19,22,30,32,34,39H,18,20-21H2,1H3,(H,36,40)/t22-,30+,32+,34+/m0/s1. The van der Waals surface area contributed by atoms with Crippen LogP contribution in [-0.2, 0) is 22.6 Å².